The third kappa shape index (κ3) is 10.1. The minimum Gasteiger partial charge on any atom is -0.383 e. The molecule has 0 radical (unpaired) electrons. The smallest absolute Gasteiger partial charge is 0.383 e. The highest BCUT2D eigenvalue weighted by molar-refractivity contribution is 7.86. The van der Waals surface area contributed by atoms with E-state index >= 15 is 0 Å². The van der Waals surface area contributed by atoms with Crippen molar-refractivity contribution >= 4 is 10.1 Å². The lowest BCUT2D eigenvalue weighted by Crippen LogP contribution is -2.21. The monoisotopic (exact) mass is 267 g/mol. The number of nitrogens with zero attached hydrogens (tertiary/aromatic N) is 1. The zero-order valence-corrected chi connectivity index (χ0v) is 10.1. The zero-order valence-electron chi connectivity index (χ0n) is 9.28. The molecule has 0 aliphatic carbocycles. The van der Waals surface area contributed by atoms with Gasteiger partial charge in [-0.15, -0.1) is 0 Å². The van der Waals surface area contributed by atoms with E-state index in [0.29, 0.717) is 0 Å². The molecule has 16 heavy (non-hydrogen) atoms. The molecule has 100 valence electrons. The first-order chi connectivity index (χ1) is 7.06. The SMILES string of the molecule is CCN(C)CCOC.O=S(=O)(O)C(F)(F)F. The van der Waals surface area contributed by atoms with E-state index in [-0.39, 0.29) is 0 Å². The van der Waals surface area contributed by atoms with Gasteiger partial charge in [-0.25, -0.2) is 0 Å². The lowest BCUT2D eigenvalue weighted by molar-refractivity contribution is -0.0510. The molecule has 9 heteroatoms. The van der Waals surface area contributed by atoms with Gasteiger partial charge >= 0.3 is 15.6 Å². The Balaban J connectivity index is 0. The van der Waals surface area contributed by atoms with E-state index in [0.717, 1.165) is 19.7 Å². The van der Waals surface area contributed by atoms with Crippen LogP contribution in [0.4, 0.5) is 13.2 Å². The molecule has 0 unspecified atom stereocenters. The topological polar surface area (TPSA) is 66.8 Å². The number of methoxy groups -OCH3 is 1. The Hall–Kier alpha value is -0.380. The Labute approximate surface area is 92.9 Å². The van der Waals surface area contributed by atoms with Crippen LogP contribution in [-0.2, 0) is 14.9 Å². The number of halogens is 3. The molecule has 0 saturated heterocycles. The number of hydrogen-bond acceptors (Lipinski definition) is 4. The molecule has 0 aliphatic rings. The van der Waals surface area contributed by atoms with Gasteiger partial charge in [-0.3, -0.25) is 4.55 Å². The number of ether oxygens (including phenoxy) is 1. The van der Waals surface area contributed by atoms with E-state index in [4.69, 9.17) is 17.7 Å². The second-order valence-electron chi connectivity index (χ2n) is 2.81. The van der Waals surface area contributed by atoms with Crippen molar-refractivity contribution in [2.45, 2.75) is 12.4 Å². The van der Waals surface area contributed by atoms with E-state index in [9.17, 15) is 13.2 Å². The van der Waals surface area contributed by atoms with Crippen molar-refractivity contribution < 1.29 is 30.9 Å². The third-order valence-electron chi connectivity index (χ3n) is 1.51. The second kappa shape index (κ2) is 7.82. The lowest BCUT2D eigenvalue weighted by Gasteiger charge is -2.11. The van der Waals surface area contributed by atoms with Crippen LogP contribution >= 0.6 is 0 Å². The number of hydrogen-bond donors (Lipinski definition) is 1. The van der Waals surface area contributed by atoms with Gasteiger partial charge in [-0.1, -0.05) is 6.92 Å². The predicted octanol–water partition coefficient (Wildman–Crippen LogP) is 0.979. The van der Waals surface area contributed by atoms with Crippen LogP contribution in [0.1, 0.15) is 6.92 Å². The first-order valence-corrected chi connectivity index (χ1v) is 5.71. The van der Waals surface area contributed by atoms with Gasteiger partial charge in [0.25, 0.3) is 0 Å². The van der Waals surface area contributed by atoms with Crippen molar-refractivity contribution in [2.24, 2.45) is 0 Å². The fourth-order valence-corrected chi connectivity index (χ4v) is 0.405. The molecular weight excluding hydrogens is 251 g/mol. The van der Waals surface area contributed by atoms with Crippen molar-refractivity contribution in [1.82, 2.24) is 4.90 Å². The molecule has 0 aromatic heterocycles. The van der Waals surface area contributed by atoms with Gasteiger partial charge in [0.2, 0.25) is 0 Å². The first-order valence-electron chi connectivity index (χ1n) is 4.27. The summed E-state index contributed by atoms with van der Waals surface area (Å²) in [7, 11) is -2.03. The molecule has 1 N–H and O–H groups in total. The van der Waals surface area contributed by atoms with Crippen LogP contribution in [0, 0.1) is 0 Å². The number of alkyl halides is 3. The summed E-state index contributed by atoms with van der Waals surface area (Å²) in [5.74, 6) is 0. The summed E-state index contributed by atoms with van der Waals surface area (Å²) in [4.78, 5) is 2.21. The van der Waals surface area contributed by atoms with Crippen LogP contribution < -0.4 is 0 Å². The molecule has 0 aromatic carbocycles. The van der Waals surface area contributed by atoms with Crippen molar-refractivity contribution in [2.75, 3.05) is 33.9 Å². The van der Waals surface area contributed by atoms with E-state index in [2.05, 4.69) is 18.9 Å². The van der Waals surface area contributed by atoms with E-state index in [1.54, 1.807) is 7.11 Å². The van der Waals surface area contributed by atoms with Crippen LogP contribution in [0.25, 0.3) is 0 Å². The van der Waals surface area contributed by atoms with Gasteiger partial charge < -0.3 is 9.64 Å². The second-order valence-corrected chi connectivity index (χ2v) is 4.22. The predicted molar refractivity (Wildman–Crippen MR) is 52.7 cm³/mol. The molecule has 0 aromatic rings. The maximum absolute atomic E-state index is 10.7. The maximum Gasteiger partial charge on any atom is 0.522 e. The fraction of sp³-hybridized carbons (Fsp3) is 1.00. The normalized spacial score (nSPS) is 12.2. The minimum atomic E-state index is -5.84. The summed E-state index contributed by atoms with van der Waals surface area (Å²) in [6.07, 6.45) is 0. The molecule has 0 aliphatic heterocycles. The molecule has 0 spiro atoms. The van der Waals surface area contributed by atoms with Gasteiger partial charge in [0.15, 0.2) is 0 Å². The largest absolute Gasteiger partial charge is 0.522 e. The van der Waals surface area contributed by atoms with Crippen LogP contribution in [-0.4, -0.2) is 57.2 Å². The Morgan fingerprint density at radius 3 is 1.94 bits per heavy atom. The molecule has 0 saturated carbocycles. The van der Waals surface area contributed by atoms with Crippen molar-refractivity contribution in [3.63, 3.8) is 0 Å². The van der Waals surface area contributed by atoms with Gasteiger partial charge in [0.05, 0.1) is 6.61 Å². The molecule has 0 bridgehead atoms. The molecule has 0 rings (SSSR count). The highest BCUT2D eigenvalue weighted by atomic mass is 32.2. The fourth-order valence-electron chi connectivity index (χ4n) is 0.405. The van der Waals surface area contributed by atoms with Crippen LogP contribution in [0.3, 0.4) is 0 Å². The lowest BCUT2D eigenvalue weighted by atomic mass is 10.5. The molecule has 5 nitrogen and oxygen atoms in total. The van der Waals surface area contributed by atoms with Crippen LogP contribution in [0.5, 0.6) is 0 Å². The summed E-state index contributed by atoms with van der Waals surface area (Å²) in [5.41, 5.74) is -5.53. The summed E-state index contributed by atoms with van der Waals surface area (Å²) in [5, 5.41) is 0. The summed E-state index contributed by atoms with van der Waals surface area (Å²) < 4.78 is 62.4. The average molecular weight is 267 g/mol. The molecule has 0 fully saturated rings. The standard InChI is InChI=1S/C6H15NO.CHF3O3S/c1-4-7(2)5-6-8-3;2-1(3,4)8(5,6)7/h4-6H2,1-3H3;(H,5,6,7). The average Bonchev–Trinajstić information content (AvgIpc) is 2.12. The molecule has 0 atom stereocenters. The Bertz CT molecular complexity index is 265. The summed E-state index contributed by atoms with van der Waals surface area (Å²) >= 11 is 0. The van der Waals surface area contributed by atoms with E-state index in [1.807, 2.05) is 0 Å². The highest BCUT2D eigenvalue weighted by Crippen LogP contribution is 2.20. The number of rotatable bonds is 4. The minimum absolute atomic E-state index is 0.838. The first kappa shape index (κ1) is 18.0. The van der Waals surface area contributed by atoms with Crippen LogP contribution in [0.15, 0.2) is 0 Å². The Morgan fingerprint density at radius 1 is 1.38 bits per heavy atom. The molecule has 0 heterocycles. The molecular formula is C7H16F3NO4S. The van der Waals surface area contributed by atoms with Gasteiger partial charge in [-0.2, -0.15) is 21.6 Å². The number of likely N-dealkylation sites (N-methyl/N-ethyl adjacent to an activating group) is 1. The van der Waals surface area contributed by atoms with Gasteiger partial charge in [-0.05, 0) is 13.6 Å². The zero-order chi connectivity index (χ0) is 13.4. The van der Waals surface area contributed by atoms with Crippen LogP contribution in [0.2, 0.25) is 0 Å². The third-order valence-corrected chi connectivity index (χ3v) is 2.09. The quantitative estimate of drug-likeness (QED) is 0.607. The summed E-state index contributed by atoms with van der Waals surface area (Å²) in [6, 6.07) is 0. The summed E-state index contributed by atoms with van der Waals surface area (Å²) in [6.45, 7) is 5.11. The van der Waals surface area contributed by atoms with E-state index in [1.165, 1.54) is 0 Å². The Kier molecular flexibility index (Phi) is 8.80. The Morgan fingerprint density at radius 2 is 1.75 bits per heavy atom. The van der Waals surface area contributed by atoms with Crippen molar-refractivity contribution in [3.8, 4) is 0 Å². The van der Waals surface area contributed by atoms with E-state index < -0.39 is 15.6 Å². The van der Waals surface area contributed by atoms with Gasteiger partial charge in [0.1, 0.15) is 0 Å². The molecule has 0 amide bonds. The maximum atomic E-state index is 10.7. The van der Waals surface area contributed by atoms with Gasteiger partial charge in [0, 0.05) is 13.7 Å². The highest BCUT2D eigenvalue weighted by Gasteiger charge is 2.44. The van der Waals surface area contributed by atoms with Crippen molar-refractivity contribution in [3.05, 3.63) is 0 Å². The van der Waals surface area contributed by atoms with Crippen molar-refractivity contribution in [1.29, 1.82) is 0 Å².